The summed E-state index contributed by atoms with van der Waals surface area (Å²) in [6.45, 7) is 0. The molecule has 0 radical (unpaired) electrons. The van der Waals surface area contributed by atoms with Gasteiger partial charge in [-0.3, -0.25) is 4.79 Å². The van der Waals surface area contributed by atoms with Gasteiger partial charge in [0.1, 0.15) is 0 Å². The maximum Gasteiger partial charge on any atom is 0.199 e. The monoisotopic (exact) mass is 526 g/mol. The van der Waals surface area contributed by atoms with Crippen LogP contribution in [-0.4, -0.2) is 16.0 Å². The quantitative estimate of drug-likeness (QED) is 0.312. The molecule has 0 spiro atoms. The van der Waals surface area contributed by atoms with E-state index in [0.29, 0.717) is 19.0 Å². The number of aromatic hydroxyl groups is 2. The molecule has 0 unspecified atom stereocenters. The topological polar surface area (TPSA) is 57.5 Å². The molecule has 7 heteroatoms. The van der Waals surface area contributed by atoms with Crippen LogP contribution in [0.1, 0.15) is 15.9 Å². The molecule has 2 aromatic carbocycles. The first-order valence-electron chi connectivity index (χ1n) is 5.23. The van der Waals surface area contributed by atoms with Crippen molar-refractivity contribution in [2.75, 3.05) is 0 Å². The lowest BCUT2D eigenvalue weighted by Crippen LogP contribution is -2.05. The highest BCUT2D eigenvalue weighted by molar-refractivity contribution is 9.14. The van der Waals surface area contributed by atoms with Gasteiger partial charge in [0.05, 0.1) is 14.5 Å². The highest BCUT2D eigenvalue weighted by Crippen LogP contribution is 2.47. The fourth-order valence-corrected chi connectivity index (χ4v) is 3.69. The molecule has 0 bridgehead atoms. The van der Waals surface area contributed by atoms with Crippen LogP contribution in [0.2, 0.25) is 0 Å². The number of carbonyl (C=O) groups excluding carboxylic acids is 1. The zero-order valence-electron chi connectivity index (χ0n) is 9.62. The van der Waals surface area contributed by atoms with Crippen molar-refractivity contribution in [3.8, 4) is 11.5 Å². The van der Waals surface area contributed by atoms with Gasteiger partial charge in [-0.25, -0.2) is 0 Å². The van der Waals surface area contributed by atoms with Crippen molar-refractivity contribution in [3.63, 3.8) is 0 Å². The van der Waals surface area contributed by atoms with E-state index < -0.39 is 17.3 Å². The molecule has 0 aliphatic heterocycles. The maximum absolute atomic E-state index is 12.6. The Bertz CT molecular complexity index is 684. The second-order valence-electron chi connectivity index (χ2n) is 3.82. The summed E-state index contributed by atoms with van der Waals surface area (Å²) in [6.07, 6.45) is 0. The van der Waals surface area contributed by atoms with Crippen LogP contribution >= 0.6 is 63.7 Å². The lowest BCUT2D eigenvalue weighted by Gasteiger charge is -2.12. The van der Waals surface area contributed by atoms with E-state index in [2.05, 4.69) is 63.7 Å². The molecule has 2 aromatic rings. The van der Waals surface area contributed by atoms with E-state index in [1.165, 1.54) is 0 Å². The van der Waals surface area contributed by atoms with Gasteiger partial charge in [-0.15, -0.1) is 0 Å². The first kappa shape index (κ1) is 16.0. The average Bonchev–Trinajstić information content (AvgIpc) is 2.43. The fourth-order valence-electron chi connectivity index (χ4n) is 1.62. The summed E-state index contributed by atoms with van der Waals surface area (Å²) < 4.78 is 1.68. The Morgan fingerprint density at radius 2 is 1.45 bits per heavy atom. The molecule has 2 rings (SSSR count). The molecule has 2 N–H and O–H groups in total. The number of rotatable bonds is 2. The van der Waals surface area contributed by atoms with E-state index in [0.717, 1.165) is 0 Å². The molecule has 0 aliphatic rings. The van der Waals surface area contributed by atoms with Gasteiger partial charge in [-0.05, 0) is 59.9 Å². The third-order valence-corrected chi connectivity index (χ3v) is 6.73. The lowest BCUT2D eigenvalue weighted by atomic mass is 10.0. The second-order valence-corrected chi connectivity index (χ2v) is 7.06. The van der Waals surface area contributed by atoms with E-state index in [1.54, 1.807) is 24.3 Å². The summed E-state index contributed by atoms with van der Waals surface area (Å²) in [5, 5.41) is 19.9. The van der Waals surface area contributed by atoms with Gasteiger partial charge in [0.15, 0.2) is 17.3 Å². The molecule has 0 heterocycles. The first-order chi connectivity index (χ1) is 9.36. The number of halogens is 4. The lowest BCUT2D eigenvalue weighted by molar-refractivity contribution is 0.103. The van der Waals surface area contributed by atoms with Crippen LogP contribution in [0.4, 0.5) is 0 Å². The Balaban J connectivity index is 2.71. The van der Waals surface area contributed by atoms with E-state index >= 15 is 0 Å². The second kappa shape index (κ2) is 6.17. The number of phenolic OH excluding ortho intramolecular Hbond substituents is 2. The summed E-state index contributed by atoms with van der Waals surface area (Å²) in [5.41, 5.74) is 0.376. The minimum atomic E-state index is -0.479. The Morgan fingerprint density at radius 3 is 2.05 bits per heavy atom. The summed E-state index contributed by atoms with van der Waals surface area (Å²) in [4.78, 5) is 12.6. The largest absolute Gasteiger partial charge is 0.504 e. The molecule has 0 saturated heterocycles. The number of ketones is 1. The van der Waals surface area contributed by atoms with Gasteiger partial charge in [0.25, 0.3) is 0 Å². The molecule has 0 aromatic heterocycles. The summed E-state index contributed by atoms with van der Waals surface area (Å²) >= 11 is 12.9. The third kappa shape index (κ3) is 2.68. The van der Waals surface area contributed by atoms with Gasteiger partial charge in [0.2, 0.25) is 0 Å². The van der Waals surface area contributed by atoms with Crippen molar-refractivity contribution in [3.05, 3.63) is 53.3 Å². The van der Waals surface area contributed by atoms with Crippen LogP contribution in [0.15, 0.2) is 42.2 Å². The van der Waals surface area contributed by atoms with Gasteiger partial charge in [-0.1, -0.05) is 28.1 Å². The zero-order valence-corrected chi connectivity index (χ0v) is 16.0. The minimum Gasteiger partial charge on any atom is -0.504 e. The highest BCUT2D eigenvalue weighted by atomic mass is 79.9. The van der Waals surface area contributed by atoms with Gasteiger partial charge >= 0.3 is 0 Å². The molecule has 0 fully saturated rings. The van der Waals surface area contributed by atoms with Crippen LogP contribution < -0.4 is 0 Å². The van der Waals surface area contributed by atoms with Crippen LogP contribution in [-0.2, 0) is 0 Å². The molecular weight excluding hydrogens is 524 g/mol. The number of phenols is 2. The predicted molar refractivity (Wildman–Crippen MR) is 90.4 cm³/mol. The smallest absolute Gasteiger partial charge is 0.199 e. The summed E-state index contributed by atoms with van der Waals surface area (Å²) in [5.74, 6) is -1.28. The van der Waals surface area contributed by atoms with Gasteiger partial charge < -0.3 is 10.2 Å². The molecule has 0 aliphatic carbocycles. The van der Waals surface area contributed by atoms with Crippen molar-refractivity contribution in [1.29, 1.82) is 0 Å². The Hall–Kier alpha value is -0.370. The normalized spacial score (nSPS) is 10.6. The van der Waals surface area contributed by atoms with Crippen molar-refractivity contribution in [2.24, 2.45) is 0 Å². The van der Waals surface area contributed by atoms with E-state index in [9.17, 15) is 15.0 Å². The number of carbonyl (C=O) groups is 1. The van der Waals surface area contributed by atoms with Crippen molar-refractivity contribution < 1.29 is 15.0 Å². The maximum atomic E-state index is 12.6. The van der Waals surface area contributed by atoms with Crippen LogP contribution in [0.3, 0.4) is 0 Å². The number of hydrogen-bond acceptors (Lipinski definition) is 3. The molecule has 0 saturated carbocycles. The van der Waals surface area contributed by atoms with Gasteiger partial charge in [-0.2, -0.15) is 0 Å². The Labute approximate surface area is 148 Å². The summed E-state index contributed by atoms with van der Waals surface area (Å²) in [7, 11) is 0. The van der Waals surface area contributed by atoms with E-state index in [1.807, 2.05) is 0 Å². The first-order valence-corrected chi connectivity index (χ1v) is 8.41. The van der Waals surface area contributed by atoms with Crippen molar-refractivity contribution in [2.45, 2.75) is 0 Å². The Kier molecular flexibility index (Phi) is 4.94. The zero-order chi connectivity index (χ0) is 15.0. The van der Waals surface area contributed by atoms with Crippen LogP contribution in [0.25, 0.3) is 0 Å². The molecule has 0 amide bonds. The third-order valence-electron chi connectivity index (χ3n) is 2.62. The predicted octanol–water partition coefficient (Wildman–Crippen LogP) is 5.38. The minimum absolute atomic E-state index is 0.00975. The molecule has 20 heavy (non-hydrogen) atoms. The van der Waals surface area contributed by atoms with Gasteiger partial charge in [0, 0.05) is 14.5 Å². The SMILES string of the molecule is O=C(c1ccccc1Br)c1c(O)c(O)c(Br)c(Br)c1Br. The fraction of sp³-hybridized carbons (Fsp3) is 0. The van der Waals surface area contributed by atoms with E-state index in [-0.39, 0.29) is 10.0 Å². The van der Waals surface area contributed by atoms with Crippen molar-refractivity contribution >= 4 is 69.5 Å². The molecular formula is C13H6Br4O3. The van der Waals surface area contributed by atoms with Crippen molar-refractivity contribution in [1.82, 2.24) is 0 Å². The molecule has 0 atom stereocenters. The standard InChI is InChI=1S/C13H6Br4O3/c14-6-4-2-1-3-5(6)11(18)7-8(15)9(16)10(17)13(20)12(7)19/h1-4,19-20H. The number of hydrogen-bond donors (Lipinski definition) is 2. The Morgan fingerprint density at radius 1 is 0.850 bits per heavy atom. The van der Waals surface area contributed by atoms with Crippen LogP contribution in [0, 0.1) is 0 Å². The highest BCUT2D eigenvalue weighted by Gasteiger charge is 2.26. The van der Waals surface area contributed by atoms with E-state index in [4.69, 9.17) is 0 Å². The molecule has 104 valence electrons. The summed E-state index contributed by atoms with van der Waals surface area (Å²) in [6, 6.07) is 6.86. The average molecular weight is 530 g/mol. The molecule has 3 nitrogen and oxygen atoms in total. The van der Waals surface area contributed by atoms with Crippen LogP contribution in [0.5, 0.6) is 11.5 Å². The number of benzene rings is 2.